The number of hydrogen-bond donors (Lipinski definition) is 1. The van der Waals surface area contributed by atoms with Gasteiger partial charge in [-0.25, -0.2) is 9.97 Å². The Bertz CT molecular complexity index is 923. The van der Waals surface area contributed by atoms with E-state index in [9.17, 15) is 0 Å². The highest BCUT2D eigenvalue weighted by atomic mass is 15.2. The molecule has 0 aliphatic carbocycles. The molecule has 3 aromatic rings. The average Bonchev–Trinajstić information content (AvgIpc) is 3.08. The van der Waals surface area contributed by atoms with Crippen molar-refractivity contribution in [2.45, 2.75) is 31.8 Å². The number of aromatic nitrogens is 3. The largest absolute Gasteiger partial charge is 0.371 e. The number of pyridine rings is 1. The molecule has 132 valence electrons. The van der Waals surface area contributed by atoms with E-state index in [1.54, 1.807) is 0 Å². The highest BCUT2D eigenvalue weighted by molar-refractivity contribution is 5.63. The fourth-order valence-electron chi connectivity index (χ4n) is 4.36. The second-order valence-electron chi connectivity index (χ2n) is 7.37. The summed E-state index contributed by atoms with van der Waals surface area (Å²) in [7, 11) is 0. The molecular formula is C21H23N5. The maximum Gasteiger partial charge on any atom is 0.161 e. The summed E-state index contributed by atoms with van der Waals surface area (Å²) < 4.78 is 2.23. The topological polar surface area (TPSA) is 46.0 Å². The molecule has 0 unspecified atom stereocenters. The van der Waals surface area contributed by atoms with Crippen LogP contribution >= 0.6 is 0 Å². The minimum atomic E-state index is -0.0511. The van der Waals surface area contributed by atoms with Gasteiger partial charge in [0, 0.05) is 25.8 Å². The van der Waals surface area contributed by atoms with Crippen molar-refractivity contribution in [1.82, 2.24) is 19.4 Å². The maximum absolute atomic E-state index is 4.60. The van der Waals surface area contributed by atoms with E-state index in [0.717, 1.165) is 49.8 Å². The third-order valence-corrected chi connectivity index (χ3v) is 5.76. The molecule has 1 saturated heterocycles. The van der Waals surface area contributed by atoms with Crippen molar-refractivity contribution in [2.75, 3.05) is 18.4 Å². The van der Waals surface area contributed by atoms with Crippen molar-refractivity contribution in [1.29, 1.82) is 0 Å². The lowest BCUT2D eigenvalue weighted by Gasteiger charge is -2.45. The first-order valence-corrected chi connectivity index (χ1v) is 9.30. The molecule has 1 spiro atoms. The van der Waals surface area contributed by atoms with Crippen LogP contribution in [-0.4, -0.2) is 32.5 Å². The summed E-state index contributed by atoms with van der Waals surface area (Å²) in [5, 5.41) is 3.82. The number of rotatable bonds is 2. The molecule has 0 atom stereocenters. The molecule has 1 N–H and O–H groups in total. The number of benzene rings is 1. The number of nitrogens with one attached hydrogen (secondary N) is 1. The predicted octanol–water partition coefficient (Wildman–Crippen LogP) is 3.49. The van der Waals surface area contributed by atoms with Gasteiger partial charge in [0.15, 0.2) is 5.82 Å². The van der Waals surface area contributed by atoms with Crippen LogP contribution in [0.15, 0.2) is 54.9 Å². The van der Waals surface area contributed by atoms with Crippen molar-refractivity contribution in [3.05, 3.63) is 71.9 Å². The highest BCUT2D eigenvalue weighted by Gasteiger charge is 2.42. The monoisotopic (exact) mass is 345 g/mol. The van der Waals surface area contributed by atoms with Crippen LogP contribution in [0.5, 0.6) is 0 Å². The van der Waals surface area contributed by atoms with Crippen LogP contribution in [0, 0.1) is 6.92 Å². The zero-order chi connectivity index (χ0) is 17.6. The van der Waals surface area contributed by atoms with Crippen molar-refractivity contribution in [3.8, 4) is 5.82 Å². The van der Waals surface area contributed by atoms with E-state index in [1.165, 1.54) is 11.3 Å². The lowest BCUT2D eigenvalue weighted by atomic mass is 9.82. The fourth-order valence-corrected chi connectivity index (χ4v) is 4.36. The minimum Gasteiger partial charge on any atom is -0.371 e. The summed E-state index contributed by atoms with van der Waals surface area (Å²) in [6.07, 6.45) is 6.02. The number of piperidine rings is 1. The van der Waals surface area contributed by atoms with Gasteiger partial charge in [-0.15, -0.1) is 0 Å². The van der Waals surface area contributed by atoms with Gasteiger partial charge in [-0.3, -0.25) is 9.47 Å². The van der Waals surface area contributed by atoms with E-state index in [1.807, 2.05) is 18.5 Å². The second-order valence-corrected chi connectivity index (χ2v) is 7.37. The van der Waals surface area contributed by atoms with E-state index in [-0.39, 0.29) is 5.54 Å². The number of imidazole rings is 1. The van der Waals surface area contributed by atoms with Crippen LogP contribution in [-0.2, 0) is 12.1 Å². The van der Waals surface area contributed by atoms with Crippen LogP contribution in [0.3, 0.4) is 0 Å². The van der Waals surface area contributed by atoms with E-state index < -0.39 is 0 Å². The van der Waals surface area contributed by atoms with Crippen molar-refractivity contribution >= 4 is 5.69 Å². The Labute approximate surface area is 153 Å². The molecule has 0 radical (unpaired) electrons. The Morgan fingerprint density at radius 2 is 1.85 bits per heavy atom. The van der Waals surface area contributed by atoms with Gasteiger partial charge in [0.05, 0.1) is 23.1 Å². The van der Waals surface area contributed by atoms with Gasteiger partial charge in [-0.1, -0.05) is 30.3 Å². The first-order valence-electron chi connectivity index (χ1n) is 9.30. The molecule has 2 aliphatic heterocycles. The maximum atomic E-state index is 4.60. The van der Waals surface area contributed by atoms with Gasteiger partial charge in [-0.2, -0.15) is 0 Å². The lowest BCUT2D eigenvalue weighted by Crippen LogP contribution is -2.49. The number of anilines is 1. The van der Waals surface area contributed by atoms with Crippen LogP contribution in [0.1, 0.15) is 29.9 Å². The number of aryl methyl sites for hydroxylation is 1. The molecule has 4 heterocycles. The van der Waals surface area contributed by atoms with Crippen LogP contribution in [0.4, 0.5) is 5.69 Å². The molecule has 1 aromatic carbocycles. The van der Waals surface area contributed by atoms with Gasteiger partial charge in [-0.05, 0) is 37.5 Å². The van der Waals surface area contributed by atoms with Crippen LogP contribution in [0.25, 0.3) is 5.82 Å². The summed E-state index contributed by atoms with van der Waals surface area (Å²) in [5.41, 5.74) is 3.69. The summed E-state index contributed by atoms with van der Waals surface area (Å²) in [6.45, 7) is 5.22. The first-order chi connectivity index (χ1) is 12.8. The Kier molecular flexibility index (Phi) is 3.57. The lowest BCUT2D eigenvalue weighted by molar-refractivity contribution is 0.161. The Hall–Kier alpha value is -2.66. The zero-order valence-corrected chi connectivity index (χ0v) is 15.0. The quantitative estimate of drug-likeness (QED) is 0.772. The molecule has 1 fully saturated rings. The van der Waals surface area contributed by atoms with Crippen molar-refractivity contribution in [2.24, 2.45) is 0 Å². The van der Waals surface area contributed by atoms with E-state index >= 15 is 0 Å². The molecule has 5 heteroatoms. The zero-order valence-electron chi connectivity index (χ0n) is 15.0. The van der Waals surface area contributed by atoms with Gasteiger partial charge in [0.1, 0.15) is 5.82 Å². The SMILES string of the molecule is Cc1ncc2n1-c1ncccc1NC21CCN(Cc2ccccc2)CC1. The third kappa shape index (κ3) is 2.42. The molecule has 0 saturated carbocycles. The van der Waals surface area contributed by atoms with Crippen molar-refractivity contribution in [3.63, 3.8) is 0 Å². The van der Waals surface area contributed by atoms with Gasteiger partial charge in [0.25, 0.3) is 0 Å². The van der Waals surface area contributed by atoms with Gasteiger partial charge >= 0.3 is 0 Å². The number of nitrogens with zero attached hydrogens (tertiary/aromatic N) is 4. The average molecular weight is 345 g/mol. The smallest absolute Gasteiger partial charge is 0.161 e. The number of hydrogen-bond acceptors (Lipinski definition) is 4. The minimum absolute atomic E-state index is 0.0511. The normalized spacial score (nSPS) is 18.2. The molecule has 5 nitrogen and oxygen atoms in total. The predicted molar refractivity (Wildman–Crippen MR) is 102 cm³/mol. The molecule has 2 aliphatic rings. The Morgan fingerprint density at radius 1 is 1.04 bits per heavy atom. The molecule has 0 bridgehead atoms. The van der Waals surface area contributed by atoms with E-state index in [0.29, 0.717) is 0 Å². The van der Waals surface area contributed by atoms with Gasteiger partial charge < -0.3 is 5.32 Å². The summed E-state index contributed by atoms with van der Waals surface area (Å²) in [4.78, 5) is 11.7. The molecule has 5 rings (SSSR count). The van der Waals surface area contributed by atoms with Crippen molar-refractivity contribution < 1.29 is 0 Å². The standard InChI is InChI=1S/C21H23N5/c1-16-23-14-19-21(24-18-8-5-11-22-20(18)26(16)19)9-12-25(13-10-21)15-17-6-3-2-4-7-17/h2-8,11,14,24H,9-10,12-13,15H2,1H3. The van der Waals surface area contributed by atoms with Crippen LogP contribution < -0.4 is 5.32 Å². The number of likely N-dealkylation sites (tertiary alicyclic amines) is 1. The molecule has 26 heavy (non-hydrogen) atoms. The molecule has 0 amide bonds. The summed E-state index contributed by atoms with van der Waals surface area (Å²) in [6, 6.07) is 14.9. The Balaban J connectivity index is 1.43. The highest BCUT2D eigenvalue weighted by Crippen LogP contribution is 2.43. The van der Waals surface area contributed by atoms with E-state index in [4.69, 9.17) is 0 Å². The summed E-state index contributed by atoms with van der Waals surface area (Å²) >= 11 is 0. The Morgan fingerprint density at radius 3 is 2.65 bits per heavy atom. The van der Waals surface area contributed by atoms with E-state index in [2.05, 4.69) is 68.1 Å². The van der Waals surface area contributed by atoms with Gasteiger partial charge in [0.2, 0.25) is 0 Å². The second kappa shape index (κ2) is 5.95. The third-order valence-electron chi connectivity index (χ3n) is 5.76. The molecular weight excluding hydrogens is 322 g/mol. The van der Waals surface area contributed by atoms with Crippen LogP contribution in [0.2, 0.25) is 0 Å². The first kappa shape index (κ1) is 15.6. The number of fused-ring (bicyclic) bond motifs is 4. The fraction of sp³-hybridized carbons (Fsp3) is 0.333. The molecule has 2 aromatic heterocycles. The summed E-state index contributed by atoms with van der Waals surface area (Å²) in [5.74, 6) is 1.97.